The first-order chi connectivity index (χ1) is 9.59. The fraction of sp³-hybridized carbons (Fsp3) is 0.111. The lowest BCUT2D eigenvalue weighted by molar-refractivity contribution is 1.67. The predicted molar refractivity (Wildman–Crippen MR) is 93.8 cm³/mol. The predicted octanol–water partition coefficient (Wildman–Crippen LogP) is 4.41. The number of benzene rings is 3. The summed E-state index contributed by atoms with van der Waals surface area (Å²) in [5.74, 6) is 0. The van der Waals surface area contributed by atoms with Gasteiger partial charge in [-0.2, -0.15) is 0 Å². The van der Waals surface area contributed by atoms with Crippen molar-refractivity contribution in [3.05, 3.63) is 59.1 Å². The van der Waals surface area contributed by atoms with Crippen LogP contribution in [0.4, 0.5) is 0 Å². The molecule has 0 unspecified atom stereocenters. The zero-order valence-electron chi connectivity index (χ0n) is 11.6. The molecule has 0 aromatic heterocycles. The molecule has 0 atom stereocenters. The molecule has 0 aliphatic carbocycles. The molecule has 1 aliphatic heterocycles. The van der Waals surface area contributed by atoms with E-state index in [-0.39, 0.29) is 0 Å². The molecule has 0 saturated heterocycles. The van der Waals surface area contributed by atoms with E-state index in [0.717, 1.165) is 0 Å². The van der Waals surface area contributed by atoms with Gasteiger partial charge in [0.1, 0.15) is 8.07 Å². The molecule has 0 saturated carbocycles. The molecule has 3 aromatic carbocycles. The molecule has 2 heteroatoms. The lowest BCUT2D eigenvalue weighted by Gasteiger charge is -2.20. The molecular formula is C18H15BrSi. The summed E-state index contributed by atoms with van der Waals surface area (Å²) in [6.07, 6.45) is 0. The summed E-state index contributed by atoms with van der Waals surface area (Å²) in [5, 5.41) is 5.95. The van der Waals surface area contributed by atoms with Crippen molar-refractivity contribution in [1.29, 1.82) is 0 Å². The van der Waals surface area contributed by atoms with Gasteiger partial charge < -0.3 is 0 Å². The van der Waals surface area contributed by atoms with Crippen LogP contribution in [-0.4, -0.2) is 8.07 Å². The molecule has 1 heterocycles. The molecular weight excluding hydrogens is 324 g/mol. The average molecular weight is 339 g/mol. The van der Waals surface area contributed by atoms with Crippen LogP contribution in [0.2, 0.25) is 13.1 Å². The Morgan fingerprint density at radius 2 is 1.60 bits per heavy atom. The Morgan fingerprint density at radius 1 is 0.850 bits per heavy atom. The minimum absolute atomic E-state index is 1.19. The smallest absolute Gasteiger partial charge is 0.0616 e. The van der Waals surface area contributed by atoms with Gasteiger partial charge in [-0.05, 0) is 44.4 Å². The van der Waals surface area contributed by atoms with Gasteiger partial charge in [0.25, 0.3) is 0 Å². The average Bonchev–Trinajstić information content (AvgIpc) is 2.67. The Labute approximate surface area is 128 Å². The highest BCUT2D eigenvalue weighted by Gasteiger charge is 2.38. The molecule has 0 bridgehead atoms. The summed E-state index contributed by atoms with van der Waals surface area (Å²) in [5.41, 5.74) is 2.88. The molecule has 0 radical (unpaired) electrons. The first kappa shape index (κ1) is 12.4. The van der Waals surface area contributed by atoms with E-state index in [9.17, 15) is 0 Å². The minimum atomic E-state index is -1.61. The van der Waals surface area contributed by atoms with E-state index < -0.39 is 8.07 Å². The second kappa shape index (κ2) is 4.06. The van der Waals surface area contributed by atoms with Gasteiger partial charge in [0, 0.05) is 4.47 Å². The molecule has 20 heavy (non-hydrogen) atoms. The van der Waals surface area contributed by atoms with E-state index in [1.807, 2.05) is 0 Å². The van der Waals surface area contributed by atoms with Crippen molar-refractivity contribution in [3.63, 3.8) is 0 Å². The first-order valence-corrected chi connectivity index (χ1v) is 10.7. The van der Waals surface area contributed by atoms with Crippen LogP contribution in [0, 0.1) is 0 Å². The minimum Gasteiger partial charge on any atom is -0.0616 e. The fourth-order valence-corrected chi connectivity index (χ4v) is 7.61. The molecule has 3 aromatic rings. The Morgan fingerprint density at radius 3 is 2.45 bits per heavy atom. The summed E-state index contributed by atoms with van der Waals surface area (Å²) in [6, 6.07) is 20.1. The van der Waals surface area contributed by atoms with Crippen LogP contribution in [0.5, 0.6) is 0 Å². The highest BCUT2D eigenvalue weighted by molar-refractivity contribution is 9.10. The fourth-order valence-electron chi connectivity index (χ4n) is 3.57. The van der Waals surface area contributed by atoms with Gasteiger partial charge in [0.05, 0.1) is 0 Å². The van der Waals surface area contributed by atoms with Crippen molar-refractivity contribution in [2.45, 2.75) is 13.1 Å². The summed E-state index contributed by atoms with van der Waals surface area (Å²) in [7, 11) is -1.61. The van der Waals surface area contributed by atoms with Gasteiger partial charge in [-0.25, -0.2) is 0 Å². The van der Waals surface area contributed by atoms with Crippen LogP contribution in [0.3, 0.4) is 0 Å². The summed E-state index contributed by atoms with van der Waals surface area (Å²) < 4.78 is 1.19. The Balaban J connectivity index is 2.17. The monoisotopic (exact) mass is 338 g/mol. The molecule has 0 amide bonds. The van der Waals surface area contributed by atoms with E-state index in [1.165, 1.54) is 26.4 Å². The van der Waals surface area contributed by atoms with Crippen molar-refractivity contribution in [3.8, 4) is 11.1 Å². The first-order valence-electron chi connectivity index (χ1n) is 6.92. The van der Waals surface area contributed by atoms with E-state index in [4.69, 9.17) is 0 Å². The van der Waals surface area contributed by atoms with Crippen molar-refractivity contribution in [2.24, 2.45) is 0 Å². The molecule has 4 rings (SSSR count). The molecule has 0 nitrogen and oxygen atoms in total. The molecule has 0 N–H and O–H groups in total. The largest absolute Gasteiger partial charge is 0.114 e. The van der Waals surface area contributed by atoms with Crippen molar-refractivity contribution in [1.82, 2.24) is 0 Å². The van der Waals surface area contributed by atoms with Gasteiger partial charge in [-0.3, -0.25) is 0 Å². The zero-order chi connectivity index (χ0) is 13.9. The third kappa shape index (κ3) is 1.52. The van der Waals surface area contributed by atoms with Crippen LogP contribution in [0.15, 0.2) is 59.1 Å². The zero-order valence-corrected chi connectivity index (χ0v) is 14.2. The lowest BCUT2D eigenvalue weighted by Crippen LogP contribution is -2.49. The number of fused-ring (bicyclic) bond motifs is 5. The van der Waals surface area contributed by atoms with E-state index >= 15 is 0 Å². The standard InChI is InChI=1S/C18H15BrSi/c1-20(2)17-11-13(19)8-10-15(17)16-9-7-12-5-3-4-6-14(12)18(16)20/h3-11H,1-2H3. The normalized spacial score (nSPS) is 15.2. The highest BCUT2D eigenvalue weighted by atomic mass is 79.9. The third-order valence-corrected chi connectivity index (χ3v) is 8.54. The molecule has 98 valence electrons. The van der Waals surface area contributed by atoms with E-state index in [0.29, 0.717) is 0 Å². The maximum Gasteiger partial charge on any atom is 0.114 e. The topological polar surface area (TPSA) is 0 Å². The van der Waals surface area contributed by atoms with Gasteiger partial charge in [-0.15, -0.1) is 0 Å². The summed E-state index contributed by atoms with van der Waals surface area (Å²) in [4.78, 5) is 0. The molecule has 1 aliphatic rings. The van der Waals surface area contributed by atoms with Gasteiger partial charge in [-0.1, -0.05) is 71.5 Å². The van der Waals surface area contributed by atoms with Gasteiger partial charge in [0.15, 0.2) is 0 Å². The Bertz CT molecular complexity index is 849. The molecule has 0 fully saturated rings. The van der Waals surface area contributed by atoms with Crippen LogP contribution in [0.25, 0.3) is 21.9 Å². The van der Waals surface area contributed by atoms with Crippen molar-refractivity contribution < 1.29 is 0 Å². The lowest BCUT2D eigenvalue weighted by atomic mass is 10.0. The second-order valence-corrected chi connectivity index (χ2v) is 11.2. The number of hydrogen-bond acceptors (Lipinski definition) is 0. The maximum absolute atomic E-state index is 3.63. The molecule has 0 spiro atoms. The Kier molecular flexibility index (Phi) is 2.51. The summed E-state index contributed by atoms with van der Waals surface area (Å²) in [6.45, 7) is 4.94. The van der Waals surface area contributed by atoms with Crippen LogP contribution in [0.1, 0.15) is 0 Å². The quantitative estimate of drug-likeness (QED) is 0.533. The second-order valence-electron chi connectivity index (χ2n) is 6.02. The van der Waals surface area contributed by atoms with Gasteiger partial charge in [0.2, 0.25) is 0 Å². The SMILES string of the molecule is C[Si]1(C)c2cc(Br)ccc2-c2ccc3ccccc3c21. The van der Waals surface area contributed by atoms with Crippen LogP contribution in [-0.2, 0) is 0 Å². The van der Waals surface area contributed by atoms with E-state index in [1.54, 1.807) is 10.4 Å². The van der Waals surface area contributed by atoms with E-state index in [2.05, 4.69) is 83.6 Å². The number of hydrogen-bond donors (Lipinski definition) is 0. The highest BCUT2D eigenvalue weighted by Crippen LogP contribution is 2.33. The van der Waals surface area contributed by atoms with Crippen molar-refractivity contribution >= 4 is 45.1 Å². The summed E-state index contributed by atoms with van der Waals surface area (Å²) >= 11 is 3.63. The number of halogens is 1. The van der Waals surface area contributed by atoms with Crippen LogP contribution < -0.4 is 10.4 Å². The van der Waals surface area contributed by atoms with Crippen LogP contribution >= 0.6 is 15.9 Å². The van der Waals surface area contributed by atoms with Gasteiger partial charge >= 0.3 is 0 Å². The third-order valence-electron chi connectivity index (χ3n) is 4.50. The van der Waals surface area contributed by atoms with Crippen molar-refractivity contribution in [2.75, 3.05) is 0 Å². The maximum atomic E-state index is 3.63. The Hall–Kier alpha value is -1.38. The number of rotatable bonds is 0.